The molecule has 2 aromatic rings. The molecule has 8 atom stereocenters. The second kappa shape index (κ2) is 9.61. The van der Waals surface area contributed by atoms with Crippen LogP contribution in [0.2, 0.25) is 0 Å². The van der Waals surface area contributed by atoms with Gasteiger partial charge in [0.2, 0.25) is 5.69 Å². The number of aromatic nitrogens is 4. The third-order valence-corrected chi connectivity index (χ3v) is 12.6. The van der Waals surface area contributed by atoms with Gasteiger partial charge in [-0.1, -0.05) is 30.5 Å². The summed E-state index contributed by atoms with van der Waals surface area (Å²) in [5.41, 5.74) is 4.80. The molecule has 2 aliphatic heterocycles. The number of fused-ring (bicyclic) bond motifs is 2. The molecule has 8 nitrogen and oxygen atoms in total. The minimum absolute atomic E-state index is 0. The Balaban J connectivity index is 0.00000274. The van der Waals surface area contributed by atoms with Crippen LogP contribution in [0, 0.1) is 5.92 Å². The lowest BCUT2D eigenvalue weighted by Gasteiger charge is -2.37. The lowest BCUT2D eigenvalue weighted by molar-refractivity contribution is -0.0231. The van der Waals surface area contributed by atoms with Crippen molar-refractivity contribution >= 4 is 59.4 Å². The van der Waals surface area contributed by atoms with Crippen LogP contribution in [-0.2, 0) is 25.6 Å². The zero-order valence-corrected chi connectivity index (χ0v) is 22.9. The summed E-state index contributed by atoms with van der Waals surface area (Å²) < 4.78 is 36.3. The number of imidazole rings is 1. The molecule has 0 radical (unpaired) electrons. The van der Waals surface area contributed by atoms with Crippen molar-refractivity contribution in [2.24, 2.45) is 5.92 Å². The number of ether oxygens (including phenoxy) is 1. The molecule has 4 heterocycles. The van der Waals surface area contributed by atoms with Gasteiger partial charge in [-0.15, -0.1) is 0 Å². The molecule has 5 rings (SSSR count). The topological polar surface area (TPSA) is 97.3 Å². The number of nitrogens with two attached hydrogens (primary N) is 1. The maximum absolute atomic E-state index is 15.9. The molecule has 2 N–H and O–H groups in total. The number of hydrogen-bond acceptors (Lipinski definition) is 9. The van der Waals surface area contributed by atoms with Gasteiger partial charge in [-0.25, -0.2) is 19.3 Å². The summed E-state index contributed by atoms with van der Waals surface area (Å²) in [5.74, 6) is 0.697. The molecular formula is C21H31FN5O3PS3. The van der Waals surface area contributed by atoms with Crippen LogP contribution >= 0.6 is 30.6 Å². The van der Waals surface area contributed by atoms with Gasteiger partial charge >= 0.3 is 0 Å². The largest absolute Gasteiger partial charge is 0.382 e. The van der Waals surface area contributed by atoms with Crippen molar-refractivity contribution in [3.05, 3.63) is 24.8 Å². The molecule has 1 saturated carbocycles. The molecule has 34 heavy (non-hydrogen) atoms. The number of anilines is 1. The molecule has 3 fully saturated rings. The van der Waals surface area contributed by atoms with Crippen LogP contribution in [0.25, 0.3) is 11.2 Å². The molecule has 0 aromatic carbocycles. The van der Waals surface area contributed by atoms with Gasteiger partial charge < -0.3 is 19.5 Å². The molecule has 1 aliphatic carbocycles. The molecule has 0 unspecified atom stereocenters. The van der Waals surface area contributed by atoms with Gasteiger partial charge in [-0.2, -0.15) is 13.5 Å². The summed E-state index contributed by atoms with van der Waals surface area (Å²) >= 11 is 7.49. The highest BCUT2D eigenvalue weighted by molar-refractivity contribution is 8.68. The van der Waals surface area contributed by atoms with Crippen LogP contribution in [-0.4, -0.2) is 48.7 Å². The zero-order chi connectivity index (χ0) is 23.5. The van der Waals surface area contributed by atoms with Crippen molar-refractivity contribution in [2.45, 2.75) is 81.9 Å². The number of rotatable bonds is 5. The quantitative estimate of drug-likeness (QED) is 0.408. The van der Waals surface area contributed by atoms with E-state index in [-0.39, 0.29) is 30.2 Å². The Labute approximate surface area is 215 Å². The van der Waals surface area contributed by atoms with Crippen LogP contribution in [0.5, 0.6) is 0 Å². The van der Waals surface area contributed by atoms with E-state index in [9.17, 15) is 0 Å². The van der Waals surface area contributed by atoms with Crippen molar-refractivity contribution in [1.29, 1.82) is 0 Å². The fourth-order valence-electron chi connectivity index (χ4n) is 5.01. The Morgan fingerprint density at radius 3 is 2.94 bits per heavy atom. The summed E-state index contributed by atoms with van der Waals surface area (Å²) in [5, 5.41) is 0.215. The van der Waals surface area contributed by atoms with Gasteiger partial charge in [0, 0.05) is 5.25 Å². The first-order chi connectivity index (χ1) is 15.6. The third-order valence-electron chi connectivity index (χ3n) is 7.02. The van der Waals surface area contributed by atoms with E-state index in [1.165, 1.54) is 18.2 Å². The number of alkyl halides is 1. The highest BCUT2D eigenvalue weighted by atomic mass is 32.9. The summed E-state index contributed by atoms with van der Waals surface area (Å²) in [7, 11) is 0. The van der Waals surface area contributed by atoms with Gasteiger partial charge in [-0.3, -0.25) is 4.57 Å². The van der Waals surface area contributed by atoms with E-state index < -0.39 is 30.3 Å². The summed E-state index contributed by atoms with van der Waals surface area (Å²) in [6.45, 7) is 10.3. The standard InChI is InChI=1S/C21H29FN5O3PS2.H2S/c1-5-13-17(15(22)20(28-13)27-10-26-16-18(23)24-9-25-19(16)27)29-31(32)30-21(4)7-6-12(11(2)3)8-14(21)33-31;/h9-10,12-15,17,20H,2,5-8H2,1,3-4H3,(H2,23,24,25);1H2/t12-,13+,14+,15+,17+,20+,21+,31-;/m0./s1. The highest BCUT2D eigenvalue weighted by Crippen LogP contribution is 2.75. The van der Waals surface area contributed by atoms with Crippen LogP contribution in [0.1, 0.15) is 52.7 Å². The molecule has 0 spiro atoms. The predicted octanol–water partition coefficient (Wildman–Crippen LogP) is 5.04. The van der Waals surface area contributed by atoms with E-state index in [4.69, 9.17) is 31.3 Å². The van der Waals surface area contributed by atoms with E-state index in [2.05, 4.69) is 35.4 Å². The van der Waals surface area contributed by atoms with E-state index in [1.54, 1.807) is 15.9 Å². The minimum atomic E-state index is -2.76. The summed E-state index contributed by atoms with van der Waals surface area (Å²) in [6, 6.07) is 0. The van der Waals surface area contributed by atoms with Gasteiger partial charge in [0.1, 0.15) is 17.9 Å². The zero-order valence-electron chi connectivity index (χ0n) is 19.4. The third kappa shape index (κ3) is 4.44. The molecule has 2 aromatic heterocycles. The smallest absolute Gasteiger partial charge is 0.248 e. The highest BCUT2D eigenvalue weighted by Gasteiger charge is 2.56. The van der Waals surface area contributed by atoms with Crippen molar-refractivity contribution in [1.82, 2.24) is 19.5 Å². The molecule has 2 saturated heterocycles. The maximum atomic E-state index is 15.9. The van der Waals surface area contributed by atoms with Gasteiger partial charge in [-0.05, 0) is 57.3 Å². The van der Waals surface area contributed by atoms with E-state index in [0.717, 1.165) is 19.3 Å². The van der Waals surface area contributed by atoms with Crippen LogP contribution in [0.15, 0.2) is 24.8 Å². The van der Waals surface area contributed by atoms with E-state index in [0.29, 0.717) is 23.5 Å². The summed E-state index contributed by atoms with van der Waals surface area (Å²) in [6.07, 6.45) is 2.54. The van der Waals surface area contributed by atoms with Gasteiger partial charge in [0.15, 0.2) is 23.9 Å². The predicted molar refractivity (Wildman–Crippen MR) is 141 cm³/mol. The maximum Gasteiger partial charge on any atom is 0.248 e. The number of hydrogen-bond donors (Lipinski definition) is 1. The first-order valence-electron chi connectivity index (χ1n) is 11.2. The fourth-order valence-corrected chi connectivity index (χ4v) is 12.2. The molecular weight excluding hydrogens is 516 g/mol. The number of halogens is 1. The number of nitrogen functional groups attached to an aromatic ring is 1. The Hall–Kier alpha value is -0.750. The van der Waals surface area contributed by atoms with Crippen molar-refractivity contribution in [3.8, 4) is 0 Å². The summed E-state index contributed by atoms with van der Waals surface area (Å²) in [4.78, 5) is 12.4. The molecule has 0 amide bonds. The normalized spacial score (nSPS) is 39.6. The first-order valence-corrected chi connectivity index (χ1v) is 15.3. The van der Waals surface area contributed by atoms with E-state index >= 15 is 4.39 Å². The lowest BCUT2D eigenvalue weighted by atomic mass is 9.77. The van der Waals surface area contributed by atoms with Crippen LogP contribution < -0.4 is 5.73 Å². The molecule has 3 aliphatic rings. The number of nitrogens with zero attached hydrogens (tertiary/aromatic N) is 4. The van der Waals surface area contributed by atoms with Crippen molar-refractivity contribution < 1.29 is 18.2 Å². The van der Waals surface area contributed by atoms with Crippen molar-refractivity contribution in [2.75, 3.05) is 5.73 Å². The Kier molecular flexibility index (Phi) is 7.44. The SMILES string of the molecule is C=C(C)[C@H]1CC[C@@]2(C)O[P@](=S)(O[C@H]3[C@@H](F)[C@H](n4cnc5c(N)ncnc54)O[C@@H]3CC)S[C@@H]2C1.S. The van der Waals surface area contributed by atoms with Gasteiger partial charge in [0.25, 0.3) is 0 Å². The average Bonchev–Trinajstić information content (AvgIpc) is 3.39. The second-order valence-corrected chi connectivity index (χ2v) is 15.6. The van der Waals surface area contributed by atoms with E-state index in [1.807, 2.05) is 6.92 Å². The Morgan fingerprint density at radius 2 is 2.24 bits per heavy atom. The Bertz CT molecular complexity index is 1140. The number of allylic oxidation sites excluding steroid dienone is 1. The van der Waals surface area contributed by atoms with Crippen LogP contribution in [0.4, 0.5) is 10.2 Å². The van der Waals surface area contributed by atoms with Crippen LogP contribution in [0.3, 0.4) is 0 Å². The average molecular weight is 548 g/mol. The van der Waals surface area contributed by atoms with Crippen molar-refractivity contribution in [3.63, 3.8) is 0 Å². The fraction of sp³-hybridized carbons (Fsp3) is 0.667. The molecule has 13 heteroatoms. The molecule has 188 valence electrons. The van der Waals surface area contributed by atoms with Gasteiger partial charge in [0.05, 0.1) is 18.0 Å². The Morgan fingerprint density at radius 1 is 1.47 bits per heavy atom. The molecule has 0 bridgehead atoms. The second-order valence-electron chi connectivity index (χ2n) is 9.33. The first kappa shape index (κ1) is 26.3. The minimum Gasteiger partial charge on any atom is -0.382 e. The monoisotopic (exact) mass is 547 g/mol. The lowest BCUT2D eigenvalue weighted by Crippen LogP contribution is -2.40.